The molecule has 4 aliphatic carbocycles. The molecular weight excluding hydrogens is 486 g/mol. The van der Waals surface area contributed by atoms with E-state index in [0.717, 1.165) is 37.5 Å². The number of benzene rings is 3. The average Bonchev–Trinajstić information content (AvgIpc) is 2.88. The lowest BCUT2D eigenvalue weighted by molar-refractivity contribution is -0.193. The van der Waals surface area contributed by atoms with Crippen LogP contribution in [-0.4, -0.2) is 18.0 Å². The Morgan fingerprint density at radius 3 is 1.38 bits per heavy atom. The molecule has 0 atom stereocenters. The van der Waals surface area contributed by atoms with E-state index < -0.39 is 11.9 Å². The van der Waals surface area contributed by atoms with Gasteiger partial charge in [0, 0.05) is 6.92 Å². The van der Waals surface area contributed by atoms with Crippen LogP contribution in [0.5, 0.6) is 0 Å². The van der Waals surface area contributed by atoms with Gasteiger partial charge in [-0.3, -0.25) is 0 Å². The molecule has 4 saturated carbocycles. The molecule has 4 fully saturated rings. The Hall–Kier alpha value is -2.66. The highest BCUT2D eigenvalue weighted by Gasteiger charge is 2.51. The zero-order valence-electron chi connectivity index (χ0n) is 20.6. The van der Waals surface area contributed by atoms with Crippen molar-refractivity contribution in [2.24, 2.45) is 23.7 Å². The van der Waals surface area contributed by atoms with Crippen molar-refractivity contribution in [2.45, 2.75) is 73.2 Å². The number of hydrogen-bond donors (Lipinski definition) is 0. The molecule has 2 nitrogen and oxygen atoms in total. The van der Waals surface area contributed by atoms with Crippen LogP contribution in [0.15, 0.2) is 106 Å². The average molecular weight is 524 g/mol. The van der Waals surface area contributed by atoms with Crippen LogP contribution in [-0.2, 0) is 20.4 Å². The molecule has 0 amide bonds. The van der Waals surface area contributed by atoms with Gasteiger partial charge in [-0.25, -0.2) is 4.79 Å². The van der Waals surface area contributed by atoms with Gasteiger partial charge >= 0.3 is 11.9 Å². The van der Waals surface area contributed by atoms with Crippen LogP contribution in [0.25, 0.3) is 0 Å². The second kappa shape index (κ2) is 11.8. The smallest absolute Gasteiger partial charge is 0.376 e. The van der Waals surface area contributed by atoms with Crippen LogP contribution in [0.2, 0.25) is 0 Å². The third-order valence-corrected chi connectivity index (χ3v) is 9.91. The van der Waals surface area contributed by atoms with E-state index in [1.165, 1.54) is 21.1 Å². The molecule has 37 heavy (non-hydrogen) atoms. The fraction of sp³-hybridized carbons (Fsp3) is 0.406. The number of alkyl halides is 2. The van der Waals surface area contributed by atoms with Gasteiger partial charge in [-0.05, 0) is 92.2 Å². The molecule has 0 aromatic heterocycles. The summed E-state index contributed by atoms with van der Waals surface area (Å²) in [6, 6.07) is 32.2. The summed E-state index contributed by atoms with van der Waals surface area (Å²) in [6.07, 6.45) is 5.35. The summed E-state index contributed by atoms with van der Waals surface area (Å²) in [6.45, 7) is 0.616. The Morgan fingerprint density at radius 2 is 1.05 bits per heavy atom. The Labute approximate surface area is 222 Å². The molecule has 0 saturated heterocycles. The molecule has 196 valence electrons. The molecular formula is C32H37F2O2S+. The maximum absolute atomic E-state index is 12.9. The second-order valence-electron chi connectivity index (χ2n) is 10.4. The second-order valence-corrected chi connectivity index (χ2v) is 12.5. The number of ether oxygens (including phenoxy) is 1. The number of hydrogen-bond acceptors (Lipinski definition) is 2. The zero-order valence-corrected chi connectivity index (χ0v) is 21.4. The molecule has 5 heteroatoms. The molecule has 4 aliphatic rings. The minimum atomic E-state index is -3.35. The van der Waals surface area contributed by atoms with Gasteiger partial charge < -0.3 is 4.74 Å². The summed E-state index contributed by atoms with van der Waals surface area (Å²) in [5.41, 5.74) is 0. The highest BCUT2D eigenvalue weighted by Crippen LogP contribution is 2.54. The molecule has 3 aromatic carbocycles. The summed E-state index contributed by atoms with van der Waals surface area (Å²) >= 11 is 0. The topological polar surface area (TPSA) is 26.3 Å². The monoisotopic (exact) mass is 523 g/mol. The lowest BCUT2D eigenvalue weighted by atomic mass is 9.55. The van der Waals surface area contributed by atoms with Crippen LogP contribution in [0, 0.1) is 23.7 Å². The summed E-state index contributed by atoms with van der Waals surface area (Å²) in [5, 5.41) is 0. The lowest BCUT2D eigenvalue weighted by Gasteiger charge is -2.53. The first kappa shape index (κ1) is 27.4. The normalized spacial score (nSPS) is 25.6. The molecule has 0 heterocycles. The Morgan fingerprint density at radius 1 is 0.703 bits per heavy atom. The predicted octanol–water partition coefficient (Wildman–Crippen LogP) is 8.43. The van der Waals surface area contributed by atoms with Crippen LogP contribution in [0.4, 0.5) is 8.78 Å². The fourth-order valence-corrected chi connectivity index (χ4v) is 8.48. The first-order valence-electron chi connectivity index (χ1n) is 12.9. The number of carbonyl (C=O) groups excluding carboxylic acids is 1. The van der Waals surface area contributed by atoms with E-state index in [1.54, 1.807) is 0 Å². The van der Waals surface area contributed by atoms with E-state index in [0.29, 0.717) is 18.8 Å². The van der Waals surface area contributed by atoms with E-state index in [9.17, 15) is 13.6 Å². The number of esters is 1. The van der Waals surface area contributed by atoms with Gasteiger partial charge in [0.1, 0.15) is 6.10 Å². The summed E-state index contributed by atoms with van der Waals surface area (Å²) < 4.78 is 30.8. The first-order valence-corrected chi connectivity index (χ1v) is 14.1. The van der Waals surface area contributed by atoms with Gasteiger partial charge in [-0.1, -0.05) is 62.0 Å². The number of carbonyl (C=O) groups is 1. The van der Waals surface area contributed by atoms with Gasteiger partial charge in [0.25, 0.3) is 0 Å². The van der Waals surface area contributed by atoms with Gasteiger partial charge in [0.05, 0.1) is 10.9 Å². The SMILES string of the molecule is C.CC(F)(F)C(=O)OC1C2CC3CC(C2)CC1C3.c1ccc([S+](c2ccccc2)c2ccccc2)cc1. The molecule has 0 spiro atoms. The fourth-order valence-electron chi connectivity index (χ4n) is 6.37. The van der Waals surface area contributed by atoms with Crippen molar-refractivity contribution in [3.8, 4) is 0 Å². The van der Waals surface area contributed by atoms with E-state index >= 15 is 0 Å². The van der Waals surface area contributed by atoms with Crippen LogP contribution in [0.3, 0.4) is 0 Å². The van der Waals surface area contributed by atoms with E-state index in [1.807, 2.05) is 0 Å². The van der Waals surface area contributed by atoms with Crippen molar-refractivity contribution >= 4 is 16.9 Å². The molecule has 7 rings (SSSR count). The van der Waals surface area contributed by atoms with E-state index in [-0.39, 0.29) is 24.4 Å². The van der Waals surface area contributed by atoms with Crippen molar-refractivity contribution in [3.63, 3.8) is 0 Å². The van der Waals surface area contributed by atoms with E-state index in [2.05, 4.69) is 91.0 Å². The van der Waals surface area contributed by atoms with Crippen molar-refractivity contribution in [2.75, 3.05) is 0 Å². The Kier molecular flexibility index (Phi) is 8.74. The molecule has 0 N–H and O–H groups in total. The van der Waals surface area contributed by atoms with Crippen LogP contribution in [0.1, 0.15) is 46.5 Å². The standard InChI is InChI=1S/C18H15S.C13H18F2O2.CH4/c1-4-10-16(11-5-1)19(17-12-6-2-7-13-17)18-14-8-3-9-15-18;1-13(14,15)12(16)17-11-9-3-7-2-8(5-9)6-10(11)4-7;/h1-15H;7-11H,2-6H2,1H3;1H4/q+1;;. The highest BCUT2D eigenvalue weighted by atomic mass is 32.2. The Bertz CT molecular complexity index is 1010. The highest BCUT2D eigenvalue weighted by molar-refractivity contribution is 7.97. The maximum atomic E-state index is 12.9. The quantitative estimate of drug-likeness (QED) is 0.248. The van der Waals surface area contributed by atoms with Gasteiger partial charge in [-0.15, -0.1) is 0 Å². The van der Waals surface area contributed by atoms with Gasteiger partial charge in [0.15, 0.2) is 14.7 Å². The van der Waals surface area contributed by atoms with Crippen LogP contribution < -0.4 is 0 Å². The van der Waals surface area contributed by atoms with Crippen molar-refractivity contribution < 1.29 is 18.3 Å². The minimum absolute atomic E-state index is 0. The predicted molar refractivity (Wildman–Crippen MR) is 146 cm³/mol. The van der Waals surface area contributed by atoms with Crippen molar-refractivity contribution in [1.29, 1.82) is 0 Å². The van der Waals surface area contributed by atoms with E-state index in [4.69, 9.17) is 4.74 Å². The summed E-state index contributed by atoms with van der Waals surface area (Å²) in [7, 11) is -0.0146. The molecule has 0 unspecified atom stereocenters. The summed E-state index contributed by atoms with van der Waals surface area (Å²) in [4.78, 5) is 15.4. The van der Waals surface area contributed by atoms with Gasteiger partial charge in [-0.2, -0.15) is 8.78 Å². The molecule has 0 radical (unpaired) electrons. The summed E-state index contributed by atoms with van der Waals surface area (Å²) in [5.74, 6) is -2.48. The molecule has 3 aromatic rings. The van der Waals surface area contributed by atoms with Crippen LogP contribution >= 0.6 is 0 Å². The third kappa shape index (κ3) is 6.43. The van der Waals surface area contributed by atoms with Crippen molar-refractivity contribution in [3.05, 3.63) is 91.0 Å². The minimum Gasteiger partial charge on any atom is -0.457 e. The number of halogens is 2. The zero-order chi connectivity index (χ0) is 25.1. The maximum Gasteiger partial charge on any atom is 0.376 e. The first-order chi connectivity index (χ1) is 17.4. The molecule has 4 bridgehead atoms. The van der Waals surface area contributed by atoms with Gasteiger partial charge in [0.2, 0.25) is 0 Å². The van der Waals surface area contributed by atoms with Crippen molar-refractivity contribution in [1.82, 2.24) is 0 Å². The Balaban J connectivity index is 0.000000169. The lowest BCUT2D eigenvalue weighted by Crippen LogP contribution is -2.51. The molecule has 0 aliphatic heterocycles. The largest absolute Gasteiger partial charge is 0.457 e. The number of rotatable bonds is 5. The third-order valence-electron chi connectivity index (χ3n) is 7.68.